The van der Waals surface area contributed by atoms with Crippen molar-refractivity contribution in [2.45, 2.75) is 24.7 Å². The number of carbonyl (C=O) groups excluding carboxylic acids is 1. The first-order valence-corrected chi connectivity index (χ1v) is 7.00. The first kappa shape index (κ1) is 14.5. The van der Waals surface area contributed by atoms with E-state index in [0.29, 0.717) is 6.61 Å². The maximum Gasteiger partial charge on any atom is 0.248 e. The van der Waals surface area contributed by atoms with Gasteiger partial charge in [-0.1, -0.05) is 13.3 Å². The molecular formula is C11H16N2O4S. The third-order valence-corrected chi connectivity index (χ3v) is 3.22. The van der Waals surface area contributed by atoms with Crippen LogP contribution in [0.25, 0.3) is 0 Å². The van der Waals surface area contributed by atoms with Crippen molar-refractivity contribution in [1.82, 2.24) is 0 Å². The quantitative estimate of drug-likeness (QED) is 0.739. The Labute approximate surface area is 106 Å². The van der Waals surface area contributed by atoms with Crippen LogP contribution in [0.4, 0.5) is 0 Å². The minimum Gasteiger partial charge on any atom is -0.492 e. The number of benzene rings is 1. The van der Waals surface area contributed by atoms with E-state index in [1.54, 1.807) is 0 Å². The molecule has 100 valence electrons. The molecule has 1 amide bonds. The summed E-state index contributed by atoms with van der Waals surface area (Å²) in [7, 11) is -3.96. The van der Waals surface area contributed by atoms with Gasteiger partial charge in [0.25, 0.3) is 0 Å². The van der Waals surface area contributed by atoms with Crippen molar-refractivity contribution < 1.29 is 17.9 Å². The van der Waals surface area contributed by atoms with Crippen LogP contribution in [0.5, 0.6) is 5.75 Å². The molecule has 0 saturated carbocycles. The lowest BCUT2D eigenvalue weighted by atomic mass is 10.2. The number of amides is 1. The van der Waals surface area contributed by atoms with Gasteiger partial charge in [-0.05, 0) is 24.6 Å². The molecule has 6 nitrogen and oxygen atoms in total. The lowest BCUT2D eigenvalue weighted by Crippen LogP contribution is -2.17. The number of sulfonamides is 1. The summed E-state index contributed by atoms with van der Waals surface area (Å²) in [5.74, 6) is -0.587. The molecule has 1 aromatic rings. The molecule has 18 heavy (non-hydrogen) atoms. The molecule has 0 fully saturated rings. The van der Waals surface area contributed by atoms with E-state index in [4.69, 9.17) is 15.6 Å². The van der Waals surface area contributed by atoms with Gasteiger partial charge in [-0.15, -0.1) is 0 Å². The average molecular weight is 272 g/mol. The van der Waals surface area contributed by atoms with Crippen molar-refractivity contribution in [3.05, 3.63) is 23.8 Å². The summed E-state index contributed by atoms with van der Waals surface area (Å²) in [6, 6.07) is 3.91. The lowest BCUT2D eigenvalue weighted by Gasteiger charge is -2.10. The fourth-order valence-corrected chi connectivity index (χ4v) is 2.03. The van der Waals surface area contributed by atoms with Gasteiger partial charge in [0, 0.05) is 5.56 Å². The smallest absolute Gasteiger partial charge is 0.248 e. The highest BCUT2D eigenvalue weighted by molar-refractivity contribution is 7.89. The summed E-state index contributed by atoms with van der Waals surface area (Å²) in [5.41, 5.74) is 5.15. The highest BCUT2D eigenvalue weighted by Gasteiger charge is 2.17. The van der Waals surface area contributed by atoms with E-state index in [2.05, 4.69) is 0 Å². The molecule has 0 aliphatic heterocycles. The number of hydrogen-bond donors (Lipinski definition) is 2. The molecule has 7 heteroatoms. The second-order valence-corrected chi connectivity index (χ2v) is 5.30. The summed E-state index contributed by atoms with van der Waals surface area (Å²) < 4.78 is 28.1. The molecule has 0 radical (unpaired) electrons. The summed E-state index contributed by atoms with van der Waals surface area (Å²) in [6.07, 6.45) is 1.71. The van der Waals surface area contributed by atoms with Gasteiger partial charge in [-0.2, -0.15) is 0 Å². The molecule has 0 atom stereocenters. The summed E-state index contributed by atoms with van der Waals surface area (Å²) in [5, 5.41) is 5.07. The van der Waals surface area contributed by atoms with Crippen molar-refractivity contribution in [2.24, 2.45) is 10.9 Å². The Hall–Kier alpha value is -1.60. The van der Waals surface area contributed by atoms with Gasteiger partial charge in [0.05, 0.1) is 6.61 Å². The minimum atomic E-state index is -3.96. The fourth-order valence-electron chi connectivity index (χ4n) is 1.33. The Morgan fingerprint density at radius 1 is 1.39 bits per heavy atom. The Morgan fingerprint density at radius 3 is 2.56 bits per heavy atom. The molecule has 0 spiro atoms. The largest absolute Gasteiger partial charge is 0.492 e. The van der Waals surface area contributed by atoms with Crippen molar-refractivity contribution in [3.63, 3.8) is 0 Å². The van der Waals surface area contributed by atoms with Crippen molar-refractivity contribution in [1.29, 1.82) is 0 Å². The second kappa shape index (κ2) is 5.83. The van der Waals surface area contributed by atoms with Gasteiger partial charge in [-0.25, -0.2) is 13.6 Å². The van der Waals surface area contributed by atoms with Crippen LogP contribution in [-0.4, -0.2) is 20.9 Å². The van der Waals surface area contributed by atoms with Crippen molar-refractivity contribution in [3.8, 4) is 5.75 Å². The van der Waals surface area contributed by atoms with Gasteiger partial charge in [-0.3, -0.25) is 4.79 Å². The maximum atomic E-state index is 11.4. The topological polar surface area (TPSA) is 112 Å². The van der Waals surface area contributed by atoms with Crippen LogP contribution in [0.2, 0.25) is 0 Å². The van der Waals surface area contributed by atoms with E-state index in [1.165, 1.54) is 12.1 Å². The van der Waals surface area contributed by atoms with E-state index in [-0.39, 0.29) is 16.2 Å². The standard InChI is InChI=1S/C11H16N2O4S/c1-2-3-6-17-9-5-4-8(11(12)14)7-10(9)18(13,15)16/h4-5,7H,2-3,6H2,1H3,(H2,12,14)(H2,13,15,16). The summed E-state index contributed by atoms with van der Waals surface area (Å²) >= 11 is 0. The van der Waals surface area contributed by atoms with E-state index in [1.807, 2.05) is 6.92 Å². The van der Waals surface area contributed by atoms with Crippen LogP contribution in [-0.2, 0) is 10.0 Å². The Kier molecular flexibility index (Phi) is 4.69. The highest BCUT2D eigenvalue weighted by atomic mass is 32.2. The van der Waals surface area contributed by atoms with Crippen molar-refractivity contribution >= 4 is 15.9 Å². The van der Waals surface area contributed by atoms with Crippen LogP contribution in [0.15, 0.2) is 23.1 Å². The summed E-state index contributed by atoms with van der Waals surface area (Å²) in [4.78, 5) is 10.8. The van der Waals surface area contributed by atoms with Crippen LogP contribution in [0.1, 0.15) is 30.1 Å². The monoisotopic (exact) mass is 272 g/mol. The molecule has 0 bridgehead atoms. The zero-order valence-corrected chi connectivity index (χ0v) is 10.9. The van der Waals surface area contributed by atoms with Gasteiger partial charge >= 0.3 is 0 Å². The molecule has 0 aliphatic rings. The molecule has 1 aromatic carbocycles. The van der Waals surface area contributed by atoms with Crippen LogP contribution in [0.3, 0.4) is 0 Å². The van der Waals surface area contributed by atoms with E-state index < -0.39 is 15.9 Å². The minimum absolute atomic E-state index is 0.0712. The predicted molar refractivity (Wildman–Crippen MR) is 66.7 cm³/mol. The number of rotatable bonds is 6. The SMILES string of the molecule is CCCCOc1ccc(C(N)=O)cc1S(N)(=O)=O. The number of ether oxygens (including phenoxy) is 1. The number of primary sulfonamides is 1. The number of hydrogen-bond acceptors (Lipinski definition) is 4. The molecule has 4 N–H and O–H groups in total. The highest BCUT2D eigenvalue weighted by Crippen LogP contribution is 2.24. The zero-order chi connectivity index (χ0) is 13.8. The van der Waals surface area contributed by atoms with Crippen LogP contribution >= 0.6 is 0 Å². The van der Waals surface area contributed by atoms with Crippen molar-refractivity contribution in [2.75, 3.05) is 6.61 Å². The Balaban J connectivity index is 3.14. The van der Waals surface area contributed by atoms with Gasteiger partial charge < -0.3 is 10.5 Å². The van der Waals surface area contributed by atoms with Crippen LogP contribution in [0, 0.1) is 0 Å². The molecular weight excluding hydrogens is 256 g/mol. The second-order valence-electron chi connectivity index (χ2n) is 3.77. The Bertz CT molecular complexity index is 540. The average Bonchev–Trinajstić information content (AvgIpc) is 2.28. The molecule has 0 saturated heterocycles. The molecule has 0 aromatic heterocycles. The van der Waals surface area contributed by atoms with E-state index in [9.17, 15) is 13.2 Å². The number of nitrogens with two attached hydrogens (primary N) is 2. The third-order valence-electron chi connectivity index (χ3n) is 2.29. The maximum absolute atomic E-state index is 11.4. The predicted octanol–water partition coefficient (Wildman–Crippen LogP) is 0.612. The molecule has 0 unspecified atom stereocenters. The number of primary amides is 1. The fraction of sp³-hybridized carbons (Fsp3) is 0.364. The normalized spacial score (nSPS) is 11.2. The number of carbonyl (C=O) groups is 1. The summed E-state index contributed by atoms with van der Waals surface area (Å²) in [6.45, 7) is 2.37. The van der Waals surface area contributed by atoms with E-state index in [0.717, 1.165) is 18.9 Å². The van der Waals surface area contributed by atoms with Gasteiger partial charge in [0.2, 0.25) is 15.9 Å². The number of unbranched alkanes of at least 4 members (excludes halogenated alkanes) is 1. The van der Waals surface area contributed by atoms with Gasteiger partial charge in [0.1, 0.15) is 10.6 Å². The third kappa shape index (κ3) is 3.71. The molecule has 0 heterocycles. The lowest BCUT2D eigenvalue weighted by molar-refractivity contribution is 0.1000. The zero-order valence-electron chi connectivity index (χ0n) is 10.0. The Morgan fingerprint density at radius 2 is 2.06 bits per heavy atom. The first-order chi connectivity index (χ1) is 8.36. The van der Waals surface area contributed by atoms with Crippen LogP contribution < -0.4 is 15.6 Å². The van der Waals surface area contributed by atoms with E-state index >= 15 is 0 Å². The first-order valence-electron chi connectivity index (χ1n) is 5.45. The molecule has 0 aliphatic carbocycles. The van der Waals surface area contributed by atoms with Gasteiger partial charge in [0.15, 0.2) is 0 Å². The molecule has 1 rings (SSSR count).